The van der Waals surface area contributed by atoms with Gasteiger partial charge in [0, 0.05) is 36.3 Å². The second-order valence-electron chi connectivity index (χ2n) is 6.76. The number of fused-ring (bicyclic) bond motifs is 1. The number of aromatic nitrogens is 4. The van der Waals surface area contributed by atoms with Gasteiger partial charge in [-0.2, -0.15) is 5.10 Å². The summed E-state index contributed by atoms with van der Waals surface area (Å²) in [4.78, 5) is 33.0. The Kier molecular flexibility index (Phi) is 8.15. The molecule has 0 spiro atoms. The van der Waals surface area contributed by atoms with Crippen molar-refractivity contribution in [2.45, 2.75) is 13.3 Å². The summed E-state index contributed by atoms with van der Waals surface area (Å²) < 4.78 is 20.6. The van der Waals surface area contributed by atoms with Crippen molar-refractivity contribution >= 4 is 25.9 Å². The van der Waals surface area contributed by atoms with Crippen molar-refractivity contribution < 1.29 is 23.5 Å². The average molecular weight is 459 g/mol. The van der Waals surface area contributed by atoms with Crippen molar-refractivity contribution in [3.05, 3.63) is 71.9 Å². The fourth-order valence-electron chi connectivity index (χ4n) is 3.00. The quantitative estimate of drug-likeness (QED) is 0.288. The molecular weight excluding hydrogens is 436 g/mol. The number of hydrogen-bond donors (Lipinski definition) is 3. The fourth-order valence-corrected chi connectivity index (χ4v) is 3.22. The number of rotatable bonds is 7. The molecule has 0 saturated carbocycles. The molecule has 9 nitrogen and oxygen atoms in total. The highest BCUT2D eigenvalue weighted by atomic mass is 31.2. The Labute approximate surface area is 185 Å². The van der Waals surface area contributed by atoms with Crippen LogP contribution in [0.25, 0.3) is 22.3 Å². The van der Waals surface area contributed by atoms with Crippen LogP contribution < -0.4 is 5.32 Å². The molecule has 11 heteroatoms. The largest absolute Gasteiger partial charge is 0.328 e. The van der Waals surface area contributed by atoms with E-state index < -0.39 is 8.60 Å². The van der Waals surface area contributed by atoms with Gasteiger partial charge in [-0.05, 0) is 31.3 Å². The predicted molar refractivity (Wildman–Crippen MR) is 119 cm³/mol. The summed E-state index contributed by atoms with van der Waals surface area (Å²) in [6.45, 7) is 0.535. The molecule has 1 aromatic carbocycles. The molecule has 0 bridgehead atoms. The van der Waals surface area contributed by atoms with Gasteiger partial charge in [-0.15, -0.1) is 0 Å². The summed E-state index contributed by atoms with van der Waals surface area (Å²) in [5.74, 6) is -0.142. The van der Waals surface area contributed by atoms with Crippen LogP contribution in [0.2, 0.25) is 0 Å². The third kappa shape index (κ3) is 5.82. The van der Waals surface area contributed by atoms with E-state index in [0.29, 0.717) is 29.1 Å². The van der Waals surface area contributed by atoms with Gasteiger partial charge >= 0.3 is 8.60 Å². The van der Waals surface area contributed by atoms with Crippen molar-refractivity contribution in [1.82, 2.24) is 24.6 Å². The van der Waals surface area contributed by atoms with Crippen molar-refractivity contribution in [3.8, 4) is 11.3 Å². The number of hydrogen-bond acceptors (Lipinski definition) is 7. The van der Waals surface area contributed by atoms with Crippen molar-refractivity contribution in [1.29, 1.82) is 0 Å². The normalized spacial score (nSPS) is 10.9. The Morgan fingerprint density at radius 1 is 1.25 bits per heavy atom. The van der Waals surface area contributed by atoms with Crippen LogP contribution in [0.4, 0.5) is 4.39 Å². The summed E-state index contributed by atoms with van der Waals surface area (Å²) in [7, 11) is 1.17. The molecule has 0 aliphatic rings. The molecule has 3 aromatic heterocycles. The second kappa shape index (κ2) is 11.0. The van der Waals surface area contributed by atoms with Crippen LogP contribution in [0.3, 0.4) is 0 Å². The van der Waals surface area contributed by atoms with Crippen molar-refractivity contribution in [2.75, 3.05) is 7.05 Å². The molecule has 0 amide bonds. The molecule has 168 valence electrons. The van der Waals surface area contributed by atoms with E-state index in [9.17, 15) is 9.18 Å². The highest BCUT2D eigenvalue weighted by Gasteiger charge is 2.10. The van der Waals surface area contributed by atoms with Gasteiger partial charge < -0.3 is 19.7 Å². The number of halogens is 1. The summed E-state index contributed by atoms with van der Waals surface area (Å²) >= 11 is 0. The van der Waals surface area contributed by atoms with E-state index in [1.165, 1.54) is 10.7 Å². The van der Waals surface area contributed by atoms with Gasteiger partial charge in [-0.3, -0.25) is 9.32 Å². The zero-order chi connectivity index (χ0) is 23.1. The van der Waals surface area contributed by atoms with Crippen LogP contribution in [-0.4, -0.2) is 42.5 Å². The van der Waals surface area contributed by atoms with Gasteiger partial charge in [-0.1, -0.05) is 18.2 Å². The molecule has 0 aliphatic carbocycles. The molecule has 0 saturated heterocycles. The number of benzene rings is 1. The maximum absolute atomic E-state index is 12.7. The van der Waals surface area contributed by atoms with E-state index in [1.807, 2.05) is 18.2 Å². The van der Waals surface area contributed by atoms with Crippen molar-refractivity contribution in [3.63, 3.8) is 0 Å². The summed E-state index contributed by atoms with van der Waals surface area (Å²) in [5.41, 5.74) is 3.44. The molecule has 0 aliphatic heterocycles. The van der Waals surface area contributed by atoms with E-state index >= 15 is 0 Å². The molecule has 0 fully saturated rings. The highest BCUT2D eigenvalue weighted by Crippen LogP contribution is 2.26. The standard InChI is InChI=1S/C13H13N4O4P.C8H10FN/c1-16-11(7-18)4-9-2-3-12(15-13(9)16)10-5-14-17(6-10)8-21-22(19)20;1-10-6-7-4-2-3-5-8(7)9/h2-7,19-20H,8H2,1H3;2-5,10H,6H2,1H3. The molecule has 4 aromatic rings. The fraction of sp³-hybridized carbons (Fsp3) is 0.190. The number of nitrogens with zero attached hydrogens (tertiary/aromatic N) is 4. The van der Waals surface area contributed by atoms with Gasteiger partial charge in [0.25, 0.3) is 0 Å². The zero-order valence-electron chi connectivity index (χ0n) is 17.5. The van der Waals surface area contributed by atoms with E-state index in [0.717, 1.165) is 17.2 Å². The Bertz CT molecular complexity index is 1190. The number of carbonyl (C=O) groups excluding carboxylic acids is 1. The number of aldehydes is 1. The topological polar surface area (TPSA) is 114 Å². The summed E-state index contributed by atoms with van der Waals surface area (Å²) in [6.07, 6.45) is 4.09. The first kappa shape index (κ1) is 23.6. The first-order valence-electron chi connectivity index (χ1n) is 9.56. The predicted octanol–water partition coefficient (Wildman–Crippen LogP) is 2.98. The van der Waals surface area contributed by atoms with Gasteiger partial charge in [0.1, 0.15) is 18.2 Å². The molecule has 4 rings (SSSR count). The number of aryl methyl sites for hydroxylation is 1. The molecule has 3 N–H and O–H groups in total. The van der Waals surface area contributed by atoms with Gasteiger partial charge in [0.15, 0.2) is 6.29 Å². The van der Waals surface area contributed by atoms with Crippen LogP contribution in [0.15, 0.2) is 54.9 Å². The SMILES string of the molecule is CNCc1ccccc1F.Cn1c(C=O)cc2ccc(-c3cnn(COP(O)O)c3)nc21. The zero-order valence-corrected chi connectivity index (χ0v) is 18.4. The first-order valence-corrected chi connectivity index (χ1v) is 10.7. The maximum atomic E-state index is 12.7. The lowest BCUT2D eigenvalue weighted by Crippen LogP contribution is -2.06. The Balaban J connectivity index is 0.000000243. The molecule has 0 radical (unpaired) electrons. The molecule has 0 atom stereocenters. The number of nitrogens with one attached hydrogen (secondary N) is 1. The second-order valence-corrected chi connectivity index (χ2v) is 7.52. The summed E-state index contributed by atoms with van der Waals surface area (Å²) in [5, 5.41) is 7.83. The first-order chi connectivity index (χ1) is 15.4. The van der Waals surface area contributed by atoms with E-state index in [1.54, 1.807) is 49.3 Å². The minimum atomic E-state index is -2.41. The van der Waals surface area contributed by atoms with Crippen LogP contribution in [0, 0.1) is 5.82 Å². The van der Waals surface area contributed by atoms with E-state index in [4.69, 9.17) is 14.3 Å². The Morgan fingerprint density at radius 3 is 2.72 bits per heavy atom. The Morgan fingerprint density at radius 2 is 2.03 bits per heavy atom. The molecule has 3 heterocycles. The minimum absolute atomic E-state index is 0.0552. The van der Waals surface area contributed by atoms with Gasteiger partial charge in [-0.25, -0.2) is 14.1 Å². The third-order valence-electron chi connectivity index (χ3n) is 4.59. The minimum Gasteiger partial charge on any atom is -0.328 e. The Hall–Kier alpha value is -3.01. The highest BCUT2D eigenvalue weighted by molar-refractivity contribution is 7.39. The smallest absolute Gasteiger partial charge is 0.328 e. The number of carbonyl (C=O) groups is 1. The van der Waals surface area contributed by atoms with E-state index in [2.05, 4.69) is 15.4 Å². The lowest BCUT2D eigenvalue weighted by atomic mass is 10.2. The van der Waals surface area contributed by atoms with Crippen LogP contribution in [0.5, 0.6) is 0 Å². The lowest BCUT2D eigenvalue weighted by molar-refractivity contribution is 0.111. The third-order valence-corrected chi connectivity index (χ3v) is 4.94. The molecular formula is C21H23FN5O4P. The van der Waals surface area contributed by atoms with Crippen LogP contribution in [-0.2, 0) is 24.8 Å². The van der Waals surface area contributed by atoms with Crippen LogP contribution in [0.1, 0.15) is 16.1 Å². The van der Waals surface area contributed by atoms with E-state index in [-0.39, 0.29) is 12.5 Å². The maximum Gasteiger partial charge on any atom is 0.328 e. The molecule has 0 unspecified atom stereocenters. The summed E-state index contributed by atoms with van der Waals surface area (Å²) in [6, 6.07) is 12.3. The molecule has 32 heavy (non-hydrogen) atoms. The average Bonchev–Trinajstić information content (AvgIpc) is 3.39. The number of pyridine rings is 1. The van der Waals surface area contributed by atoms with Gasteiger partial charge in [0.2, 0.25) is 0 Å². The monoisotopic (exact) mass is 459 g/mol. The van der Waals surface area contributed by atoms with Gasteiger partial charge in [0.05, 0.1) is 17.6 Å². The van der Waals surface area contributed by atoms with Crippen molar-refractivity contribution in [2.24, 2.45) is 7.05 Å². The van der Waals surface area contributed by atoms with Crippen LogP contribution >= 0.6 is 8.60 Å². The lowest BCUT2D eigenvalue weighted by Gasteiger charge is -2.03.